The van der Waals surface area contributed by atoms with Crippen LogP contribution in [-0.2, 0) is 80.6 Å². The second kappa shape index (κ2) is 53.2. The first-order valence-electron chi connectivity index (χ1n) is 40.1. The van der Waals surface area contributed by atoms with E-state index in [-0.39, 0.29) is 85.5 Å². The minimum atomic E-state index is -3.44. The van der Waals surface area contributed by atoms with Crippen molar-refractivity contribution in [3.8, 4) is 28.7 Å². The molecule has 0 radical (unpaired) electrons. The number of benzene rings is 7. The molecule has 0 aliphatic carbocycles. The van der Waals surface area contributed by atoms with E-state index in [1.165, 1.54) is 26.5 Å². The van der Waals surface area contributed by atoms with Crippen molar-refractivity contribution >= 4 is 138 Å². The number of aldehydes is 1. The number of fused-ring (bicyclic) bond motifs is 3. The number of amides is 5. The lowest BCUT2D eigenvalue weighted by Crippen LogP contribution is -2.48. The van der Waals surface area contributed by atoms with Crippen LogP contribution in [0.3, 0.4) is 0 Å². The lowest BCUT2D eigenvalue weighted by Gasteiger charge is -2.35. The standard InChI is InChI=1S/C22H27N3O4S.C15H21N3O2.C14H20BrNO4.C14H18BrNO3.C7H5BrO2.C7H7ClO2S.C6H12N2O.C2H7NO.ClH/c1-18(26)23-9-11-24(12-10-23)21-8-7-20-16-25(13-14-29-22(20)15-21)30(27,28)17-19-5-3-2-4-6-19;1-12(19)17-5-7-18(8-6-17)14-3-2-13-11-16-4-9-20-15(13)10-14;1-14(2,3)20-13(19)16(6-7-17)9-10-4-5-11(15)8-12(10)18;1-14(2,3)19-13(17)16-6-7-18-12-8-11(15)5-4-10(12)9-16;8-6-2-1-5(4-9)7(10)3-6;8-11(9,10)6-7-4-2-1-3-5-7;1-6(9)8-4-2-7-3-5-8;3-1-2-4;/h2-8,15H,9-14,16-17H2,1H3;2-3,10,16H,4-9,11H2,1H3;4-5,8,17-18H,6-7,9H2,1-3H3;4-5,8H,6-7,9H2,1-3H3;1-4,10H;1-5H,6H2;7H,2-5H2,1H3;4H,1-3H2;1H. The molecule has 682 valence electrons. The molecule has 30 nitrogen and oxygen atoms in total. The second-order valence-electron chi connectivity index (χ2n) is 30.7. The summed E-state index contributed by atoms with van der Waals surface area (Å²) in [5, 5.41) is 42.2. The summed E-state index contributed by atoms with van der Waals surface area (Å²) in [5.74, 6) is 2.99. The molecule has 0 saturated carbocycles. The number of carbonyl (C=O) groups excluding carboxylic acids is 6. The summed E-state index contributed by atoms with van der Waals surface area (Å²) in [6.45, 7) is 31.3. The lowest BCUT2D eigenvalue weighted by atomic mass is 10.1. The summed E-state index contributed by atoms with van der Waals surface area (Å²) in [6, 6.07) is 46.0. The van der Waals surface area contributed by atoms with E-state index in [1.54, 1.807) is 101 Å². The van der Waals surface area contributed by atoms with Gasteiger partial charge in [0.15, 0.2) is 6.29 Å². The predicted molar refractivity (Wildman–Crippen MR) is 494 cm³/mol. The summed E-state index contributed by atoms with van der Waals surface area (Å²) in [7, 11) is -1.81. The van der Waals surface area contributed by atoms with E-state index in [0.29, 0.717) is 88.6 Å². The van der Waals surface area contributed by atoms with Crippen molar-refractivity contribution in [3.05, 3.63) is 204 Å². The molecular formula is C87H118Br3Cl2N11O19S2. The maximum absolute atomic E-state index is 12.9. The topological polar surface area (TPSA) is 374 Å². The van der Waals surface area contributed by atoms with Crippen molar-refractivity contribution in [2.75, 3.05) is 154 Å². The number of nitrogens with one attached hydrogen (secondary N) is 2. The third-order valence-corrected chi connectivity index (χ3v) is 23.0. The lowest BCUT2D eigenvalue weighted by molar-refractivity contribution is -0.130. The number of phenolic OH excluding ortho intramolecular Hbond substituents is 2. The minimum Gasteiger partial charge on any atom is -0.508 e. The summed E-state index contributed by atoms with van der Waals surface area (Å²) < 4.78 is 79.1. The molecule has 13 rings (SSSR count). The molecule has 5 amide bonds. The zero-order chi connectivity index (χ0) is 90.5. The zero-order valence-corrected chi connectivity index (χ0v) is 79.6. The molecule has 3 saturated heterocycles. The third kappa shape index (κ3) is 38.7. The van der Waals surface area contributed by atoms with Gasteiger partial charge in [0.25, 0.3) is 0 Å². The first-order valence-corrected chi connectivity index (χ1v) is 46.6. The first kappa shape index (κ1) is 106. The average Bonchev–Trinajstić information content (AvgIpc) is 1.58. The molecule has 3 fully saturated rings. The van der Waals surface area contributed by atoms with Gasteiger partial charge in [-0.25, -0.2) is 26.4 Å². The highest BCUT2D eigenvalue weighted by Crippen LogP contribution is 2.34. The summed E-state index contributed by atoms with van der Waals surface area (Å²) in [6.07, 6.45) is -0.206. The van der Waals surface area contributed by atoms with Crippen molar-refractivity contribution in [1.82, 2.24) is 39.4 Å². The van der Waals surface area contributed by atoms with Gasteiger partial charge < -0.3 is 94.8 Å². The van der Waals surface area contributed by atoms with Gasteiger partial charge in [-0.1, -0.05) is 133 Å². The Morgan fingerprint density at radius 1 is 0.524 bits per heavy atom. The Bertz CT molecular complexity index is 4760. The number of phenols is 2. The van der Waals surface area contributed by atoms with E-state index < -0.39 is 36.4 Å². The Hall–Kier alpha value is -8.56. The molecular weight excluding hydrogens is 1880 g/mol. The fraction of sp³-hybridized carbons (Fsp3) is 0.448. The van der Waals surface area contributed by atoms with E-state index in [0.717, 1.165) is 132 Å². The monoisotopic (exact) mass is 1990 g/mol. The molecule has 124 heavy (non-hydrogen) atoms. The largest absolute Gasteiger partial charge is 0.508 e. The minimum absolute atomic E-state index is 0. The molecule has 6 aliphatic rings. The highest BCUT2D eigenvalue weighted by atomic mass is 79.9. The number of ether oxygens (including phenoxy) is 5. The first-order chi connectivity index (χ1) is 58.3. The summed E-state index contributed by atoms with van der Waals surface area (Å²) in [5.41, 5.74) is 11.4. The fourth-order valence-electron chi connectivity index (χ4n) is 12.4. The number of sulfonamides is 1. The molecule has 6 aliphatic heterocycles. The van der Waals surface area contributed by atoms with Gasteiger partial charge in [0.1, 0.15) is 59.8 Å². The SMILES string of the molecule is CC(=O)N1CCN(c2ccc3c(c2)OCCN(S(=O)(=O)Cc2ccccc2)C3)CC1.CC(=O)N1CCN(c2ccc3c(c2)OCCNC3)CC1.CC(=O)N1CCNCC1.CC(C)(C)OC(=O)N(CCO)Cc1ccc(Br)cc1O.CC(C)(C)OC(=O)N1CCOc2cc(Br)ccc2C1.Cl.NCCO.O=Cc1ccc(Br)cc1O.O=S(=O)(Cl)Cc1ccccc1. The molecule has 6 heterocycles. The van der Waals surface area contributed by atoms with Crippen LogP contribution in [0.25, 0.3) is 0 Å². The van der Waals surface area contributed by atoms with E-state index >= 15 is 0 Å². The molecule has 0 spiro atoms. The average molecular weight is 2000 g/mol. The van der Waals surface area contributed by atoms with E-state index in [2.05, 4.69) is 86.4 Å². The van der Waals surface area contributed by atoms with Gasteiger partial charge >= 0.3 is 12.2 Å². The summed E-state index contributed by atoms with van der Waals surface area (Å²) in [4.78, 5) is 81.1. The smallest absolute Gasteiger partial charge is 0.410 e. The highest BCUT2D eigenvalue weighted by molar-refractivity contribution is 9.11. The maximum Gasteiger partial charge on any atom is 0.410 e. The van der Waals surface area contributed by atoms with Gasteiger partial charge in [-0.3, -0.25) is 19.2 Å². The van der Waals surface area contributed by atoms with Gasteiger partial charge in [0, 0.05) is 208 Å². The van der Waals surface area contributed by atoms with Crippen LogP contribution in [0.15, 0.2) is 165 Å². The van der Waals surface area contributed by atoms with Crippen molar-refractivity contribution in [2.45, 2.75) is 111 Å². The van der Waals surface area contributed by atoms with E-state index in [9.17, 15) is 50.7 Å². The number of halogens is 5. The van der Waals surface area contributed by atoms with Crippen LogP contribution in [0.1, 0.15) is 106 Å². The van der Waals surface area contributed by atoms with Gasteiger partial charge in [-0.15, -0.1) is 12.4 Å². The third-order valence-electron chi connectivity index (χ3n) is 18.7. The molecule has 7 aromatic carbocycles. The Labute approximate surface area is 764 Å². The van der Waals surface area contributed by atoms with Gasteiger partial charge in [-0.2, -0.15) is 4.31 Å². The Kier molecular flexibility index (Phi) is 45.4. The Balaban J connectivity index is 0.000000263. The van der Waals surface area contributed by atoms with Crippen molar-refractivity contribution in [3.63, 3.8) is 0 Å². The Morgan fingerprint density at radius 3 is 1.46 bits per heavy atom. The van der Waals surface area contributed by atoms with Crippen LogP contribution in [0.4, 0.5) is 21.0 Å². The number of anilines is 2. The number of hydrogen-bond donors (Lipinski definition) is 7. The maximum atomic E-state index is 12.9. The number of aliphatic hydroxyl groups is 2. The number of carbonyl (C=O) groups is 6. The molecule has 8 N–H and O–H groups in total. The number of nitrogens with two attached hydrogens (primary N) is 1. The van der Waals surface area contributed by atoms with Crippen LogP contribution in [0, 0.1) is 0 Å². The van der Waals surface area contributed by atoms with E-state index in [4.69, 9.17) is 55.4 Å². The second-order valence-corrected chi connectivity index (χ2v) is 38.2. The number of nitrogens with zero attached hydrogens (tertiary/aromatic N) is 8. The number of aliphatic hydroxyl groups excluding tert-OH is 2. The van der Waals surface area contributed by atoms with Crippen LogP contribution in [0.5, 0.6) is 28.7 Å². The van der Waals surface area contributed by atoms with E-state index in [1.807, 2.05) is 108 Å². The van der Waals surface area contributed by atoms with Gasteiger partial charge in [0.2, 0.25) is 36.8 Å². The number of rotatable bonds is 13. The summed E-state index contributed by atoms with van der Waals surface area (Å²) >= 11 is 9.82. The van der Waals surface area contributed by atoms with Crippen molar-refractivity contribution in [1.29, 1.82) is 0 Å². The van der Waals surface area contributed by atoms with Gasteiger partial charge in [-0.05, 0) is 107 Å². The fourth-order valence-corrected chi connectivity index (χ4v) is 15.9. The molecule has 0 atom stereocenters. The molecule has 0 aromatic heterocycles. The molecule has 37 heteroatoms. The molecule has 7 aromatic rings. The van der Waals surface area contributed by atoms with Crippen molar-refractivity contribution in [2.24, 2.45) is 5.73 Å². The molecule has 0 unspecified atom stereocenters. The number of hydrogen-bond acceptors (Lipinski definition) is 24. The Morgan fingerprint density at radius 2 is 0.976 bits per heavy atom. The van der Waals surface area contributed by atoms with Crippen LogP contribution < -0.4 is 40.4 Å². The predicted octanol–water partition coefficient (Wildman–Crippen LogP) is 11.9. The number of piperazine rings is 3. The quantitative estimate of drug-likeness (QED) is 0.0416. The molecule has 0 bridgehead atoms. The normalized spacial score (nSPS) is 15.0. The highest BCUT2D eigenvalue weighted by Gasteiger charge is 2.30. The van der Waals surface area contributed by atoms with Crippen LogP contribution in [0.2, 0.25) is 0 Å². The van der Waals surface area contributed by atoms with Crippen LogP contribution in [-0.4, -0.2) is 258 Å². The van der Waals surface area contributed by atoms with Crippen molar-refractivity contribution < 1.29 is 89.7 Å². The van der Waals surface area contributed by atoms with Gasteiger partial charge in [0.05, 0.1) is 49.9 Å². The number of aromatic hydroxyl groups is 2. The zero-order valence-electron chi connectivity index (χ0n) is 71.6. The van der Waals surface area contributed by atoms with Crippen LogP contribution >= 0.6 is 70.9 Å².